The number of benzene rings is 1. The predicted octanol–water partition coefficient (Wildman–Crippen LogP) is 3.25. The van der Waals surface area contributed by atoms with Crippen LogP contribution in [0.25, 0.3) is 5.57 Å². The second-order valence-corrected chi connectivity index (χ2v) is 7.57. The summed E-state index contributed by atoms with van der Waals surface area (Å²) in [5.74, 6) is -0.400. The van der Waals surface area contributed by atoms with Gasteiger partial charge in [0.25, 0.3) is 0 Å². The van der Waals surface area contributed by atoms with Crippen molar-refractivity contribution < 1.29 is 24.1 Å². The molecular formula is C22H22FN3O4. The van der Waals surface area contributed by atoms with Gasteiger partial charge < -0.3 is 20.3 Å². The molecule has 4 rings (SSSR count). The molecule has 1 aliphatic heterocycles. The quantitative estimate of drug-likeness (QED) is 0.655. The van der Waals surface area contributed by atoms with Crippen LogP contribution in [-0.2, 0) is 14.9 Å². The molecule has 0 radical (unpaired) electrons. The summed E-state index contributed by atoms with van der Waals surface area (Å²) >= 11 is 0. The molecule has 7 nitrogen and oxygen atoms in total. The summed E-state index contributed by atoms with van der Waals surface area (Å²) < 4.78 is 19.2. The average molecular weight is 411 g/mol. The highest BCUT2D eigenvalue weighted by Crippen LogP contribution is 2.50. The largest absolute Gasteiger partial charge is 0.504 e. The number of allylic oxidation sites excluding steroid dienone is 1. The Bertz CT molecular complexity index is 1060. The predicted molar refractivity (Wildman–Crippen MR) is 110 cm³/mol. The molecule has 2 aromatic rings. The molecule has 1 aromatic heterocycles. The number of pyridine rings is 1. The van der Waals surface area contributed by atoms with Crippen LogP contribution in [0, 0.1) is 6.92 Å². The van der Waals surface area contributed by atoms with Crippen LogP contribution < -0.4 is 5.32 Å². The molecule has 1 aromatic carbocycles. The Morgan fingerprint density at radius 2 is 2.00 bits per heavy atom. The number of ether oxygens (including phenoxy) is 1. The maximum Gasteiger partial charge on any atom is 0.236 e. The standard InChI is InChI=1S/C22H22FN3O4/c1-12-3-6-18(25-19(12)13-9-15(23)20(30-2)24-11-13)26-21(29)22(7-8-22)14-4-5-16(27)17(28)10-14/h3-6,9-11,15,20,27-28H,7-8H2,1-2H3,(H,25,26,29)/t15-,20?/m0/s1. The van der Waals surface area contributed by atoms with Gasteiger partial charge in [-0.05, 0) is 55.2 Å². The SMILES string of the molecule is COC1N=CC(c2nc(NC(=O)C3(c4ccc(O)c(O)c4)CC3)ccc2C)=C[C@@H]1F. The minimum Gasteiger partial charge on any atom is -0.504 e. The summed E-state index contributed by atoms with van der Waals surface area (Å²) in [6, 6.07) is 7.90. The number of aromatic nitrogens is 1. The molecule has 0 bridgehead atoms. The highest BCUT2D eigenvalue weighted by Gasteiger charge is 2.51. The number of nitrogens with one attached hydrogen (secondary N) is 1. The fraction of sp³-hybridized carbons (Fsp3) is 0.318. The summed E-state index contributed by atoms with van der Waals surface area (Å²) in [6.07, 6.45) is 1.93. The average Bonchev–Trinajstić information content (AvgIpc) is 3.53. The summed E-state index contributed by atoms with van der Waals surface area (Å²) in [4.78, 5) is 21.5. The zero-order valence-corrected chi connectivity index (χ0v) is 16.6. The monoisotopic (exact) mass is 411 g/mol. The third-order valence-electron chi connectivity index (χ3n) is 5.54. The molecule has 1 aliphatic carbocycles. The van der Waals surface area contributed by atoms with Crippen LogP contribution in [0.5, 0.6) is 11.5 Å². The number of amides is 1. The number of aromatic hydroxyl groups is 2. The van der Waals surface area contributed by atoms with Gasteiger partial charge in [-0.25, -0.2) is 9.37 Å². The Kier molecular flexibility index (Phi) is 5.03. The number of aryl methyl sites for hydroxylation is 1. The minimum atomic E-state index is -1.38. The summed E-state index contributed by atoms with van der Waals surface area (Å²) in [5.41, 5.74) is 1.74. The van der Waals surface area contributed by atoms with Gasteiger partial charge in [-0.2, -0.15) is 0 Å². The molecule has 2 atom stereocenters. The van der Waals surface area contributed by atoms with Gasteiger partial charge in [0.2, 0.25) is 5.91 Å². The lowest BCUT2D eigenvalue weighted by Crippen LogP contribution is -2.28. The van der Waals surface area contributed by atoms with Crippen LogP contribution >= 0.6 is 0 Å². The highest BCUT2D eigenvalue weighted by atomic mass is 19.1. The lowest BCUT2D eigenvalue weighted by atomic mass is 9.94. The Balaban J connectivity index is 1.57. The third-order valence-corrected chi connectivity index (χ3v) is 5.54. The molecular weight excluding hydrogens is 389 g/mol. The minimum absolute atomic E-state index is 0.232. The van der Waals surface area contributed by atoms with E-state index in [1.807, 2.05) is 6.92 Å². The van der Waals surface area contributed by atoms with Gasteiger partial charge in [-0.15, -0.1) is 0 Å². The maximum atomic E-state index is 14.2. The number of carbonyl (C=O) groups is 1. The van der Waals surface area contributed by atoms with Gasteiger partial charge in [0.1, 0.15) is 5.82 Å². The van der Waals surface area contributed by atoms with Gasteiger partial charge >= 0.3 is 0 Å². The molecule has 0 saturated heterocycles. The van der Waals surface area contributed by atoms with Crippen molar-refractivity contribution in [2.24, 2.45) is 4.99 Å². The first kappa shape index (κ1) is 20.0. The molecule has 1 saturated carbocycles. The topological polar surface area (TPSA) is 104 Å². The van der Waals surface area contributed by atoms with Crippen LogP contribution in [0.2, 0.25) is 0 Å². The molecule has 1 fully saturated rings. The number of aliphatic imine (C=N–C) groups is 1. The van der Waals surface area contributed by atoms with Crippen LogP contribution in [0.4, 0.5) is 10.2 Å². The second-order valence-electron chi connectivity index (χ2n) is 7.57. The highest BCUT2D eigenvalue weighted by molar-refractivity contribution is 6.10. The van der Waals surface area contributed by atoms with E-state index in [4.69, 9.17) is 4.74 Å². The van der Waals surface area contributed by atoms with Gasteiger partial charge in [-0.1, -0.05) is 12.1 Å². The Hall–Kier alpha value is -3.26. The number of anilines is 1. The van der Waals surface area contributed by atoms with E-state index in [2.05, 4.69) is 15.3 Å². The smallest absolute Gasteiger partial charge is 0.236 e. The van der Waals surface area contributed by atoms with Crippen molar-refractivity contribution in [3.05, 3.63) is 53.2 Å². The molecule has 1 amide bonds. The zero-order valence-electron chi connectivity index (χ0n) is 16.6. The van der Waals surface area contributed by atoms with Crippen LogP contribution in [0.15, 0.2) is 41.4 Å². The molecule has 2 aliphatic rings. The fourth-order valence-electron chi connectivity index (χ4n) is 3.58. The van der Waals surface area contributed by atoms with Crippen molar-refractivity contribution in [1.82, 2.24) is 4.98 Å². The zero-order chi connectivity index (χ0) is 21.5. The number of alkyl halides is 1. The van der Waals surface area contributed by atoms with Crippen molar-refractivity contribution in [1.29, 1.82) is 0 Å². The van der Waals surface area contributed by atoms with E-state index in [9.17, 15) is 19.4 Å². The van der Waals surface area contributed by atoms with E-state index in [0.29, 0.717) is 35.5 Å². The van der Waals surface area contributed by atoms with Gasteiger partial charge in [0, 0.05) is 18.9 Å². The number of dihydropyridines is 1. The first-order valence-corrected chi connectivity index (χ1v) is 9.58. The molecule has 0 spiro atoms. The normalized spacial score (nSPS) is 21.8. The summed E-state index contributed by atoms with van der Waals surface area (Å²) in [6.45, 7) is 1.85. The Morgan fingerprint density at radius 3 is 2.63 bits per heavy atom. The Labute approximate surface area is 172 Å². The number of halogens is 1. The first-order chi connectivity index (χ1) is 14.3. The van der Waals surface area contributed by atoms with Crippen molar-refractivity contribution >= 4 is 23.5 Å². The molecule has 30 heavy (non-hydrogen) atoms. The molecule has 3 N–H and O–H groups in total. The Morgan fingerprint density at radius 1 is 1.23 bits per heavy atom. The molecule has 1 unspecified atom stereocenters. The third kappa shape index (κ3) is 3.54. The number of nitrogens with zero attached hydrogens (tertiary/aromatic N) is 2. The lowest BCUT2D eigenvalue weighted by molar-refractivity contribution is -0.118. The van der Waals surface area contributed by atoms with E-state index >= 15 is 0 Å². The first-order valence-electron chi connectivity index (χ1n) is 9.58. The van der Waals surface area contributed by atoms with Crippen LogP contribution in [0.3, 0.4) is 0 Å². The van der Waals surface area contributed by atoms with E-state index in [1.165, 1.54) is 31.5 Å². The van der Waals surface area contributed by atoms with Crippen molar-refractivity contribution in [3.8, 4) is 11.5 Å². The van der Waals surface area contributed by atoms with Gasteiger partial charge in [0.05, 0.1) is 11.1 Å². The molecule has 2 heterocycles. The van der Waals surface area contributed by atoms with Crippen molar-refractivity contribution in [3.63, 3.8) is 0 Å². The summed E-state index contributed by atoms with van der Waals surface area (Å²) in [7, 11) is 1.40. The fourth-order valence-corrected chi connectivity index (χ4v) is 3.58. The van der Waals surface area contributed by atoms with Crippen molar-refractivity contribution in [2.45, 2.75) is 37.6 Å². The molecule has 8 heteroatoms. The second kappa shape index (κ2) is 7.53. The number of phenols is 2. The van der Waals surface area contributed by atoms with Crippen LogP contribution in [0.1, 0.15) is 29.7 Å². The van der Waals surface area contributed by atoms with Gasteiger partial charge in [0.15, 0.2) is 23.9 Å². The van der Waals surface area contributed by atoms with E-state index in [1.54, 1.807) is 18.2 Å². The number of hydrogen-bond donors (Lipinski definition) is 3. The van der Waals surface area contributed by atoms with Gasteiger partial charge in [-0.3, -0.25) is 9.79 Å². The number of hydrogen-bond acceptors (Lipinski definition) is 6. The molecule has 156 valence electrons. The van der Waals surface area contributed by atoms with Crippen LogP contribution in [-0.4, -0.2) is 46.8 Å². The lowest BCUT2D eigenvalue weighted by Gasteiger charge is -2.19. The maximum absolute atomic E-state index is 14.2. The van der Waals surface area contributed by atoms with Crippen molar-refractivity contribution in [2.75, 3.05) is 12.4 Å². The van der Waals surface area contributed by atoms with E-state index < -0.39 is 17.8 Å². The van der Waals surface area contributed by atoms with E-state index in [-0.39, 0.29) is 17.4 Å². The number of rotatable bonds is 5. The number of phenolic OH excluding ortho intramolecular Hbond substituents is 2. The number of carbonyl (C=O) groups excluding carboxylic acids is 1. The number of methoxy groups -OCH3 is 1. The summed E-state index contributed by atoms with van der Waals surface area (Å²) in [5, 5.41) is 22.1. The van der Waals surface area contributed by atoms with E-state index in [0.717, 1.165) is 5.56 Å².